The van der Waals surface area contributed by atoms with Gasteiger partial charge in [-0.2, -0.15) is 13.2 Å². The van der Waals surface area contributed by atoms with Gasteiger partial charge in [-0.15, -0.1) is 0 Å². The van der Waals surface area contributed by atoms with E-state index in [4.69, 9.17) is 9.52 Å². The van der Waals surface area contributed by atoms with Crippen molar-refractivity contribution in [3.63, 3.8) is 0 Å². The van der Waals surface area contributed by atoms with Crippen LogP contribution in [0, 0.1) is 4.78 Å². The van der Waals surface area contributed by atoms with Gasteiger partial charge in [-0.25, -0.2) is 19.0 Å². The molecule has 2 aromatic carbocycles. The first-order chi connectivity index (χ1) is 16.5. The number of halogens is 3. The molecule has 4 rings (SSSR count). The fourth-order valence-corrected chi connectivity index (χ4v) is 3.77. The van der Waals surface area contributed by atoms with Gasteiger partial charge in [0.15, 0.2) is 0 Å². The van der Waals surface area contributed by atoms with Crippen molar-refractivity contribution in [2.24, 2.45) is 0 Å². The molecule has 0 radical (unpaired) electrons. The van der Waals surface area contributed by atoms with Crippen LogP contribution in [0.5, 0.6) is 11.6 Å². The predicted molar refractivity (Wildman–Crippen MR) is 122 cm³/mol. The molecule has 180 valence electrons. The van der Waals surface area contributed by atoms with Crippen LogP contribution in [-0.4, -0.2) is 30.9 Å². The number of ether oxygens (including phenoxy) is 1. The summed E-state index contributed by atoms with van der Waals surface area (Å²) in [5.41, 5.74) is -0.647. The topological polar surface area (TPSA) is 110 Å². The molecule has 0 bridgehead atoms. The fourth-order valence-electron chi connectivity index (χ4n) is 3.08. The molecular formula is C23H18F3N5O3S. The summed E-state index contributed by atoms with van der Waals surface area (Å²) in [5.74, 6) is -1.00. The second-order valence-corrected chi connectivity index (χ2v) is 9.62. The van der Waals surface area contributed by atoms with Gasteiger partial charge >= 0.3 is 6.18 Å². The SMILES string of the molecule is CS(=N)(=O)c1cccc(NC(=O)c2cc(C(F)(F)F)cnc2Oc2ccc(-n3ccnc3)cc2)c1. The van der Waals surface area contributed by atoms with Gasteiger partial charge in [-0.1, -0.05) is 6.07 Å². The third-order valence-electron chi connectivity index (χ3n) is 4.82. The standard InChI is InChI=1S/C23H18F3N5O3S/c1-35(27,33)19-4-2-3-16(12-19)30-21(32)20-11-15(23(24,25)26)13-29-22(20)34-18-7-5-17(6-8-18)31-10-9-28-14-31/h2-14,27H,1H3,(H,30,32). The molecule has 0 saturated carbocycles. The summed E-state index contributed by atoms with van der Waals surface area (Å²) in [4.78, 5) is 20.8. The number of nitrogens with zero attached hydrogens (tertiary/aromatic N) is 3. The zero-order chi connectivity index (χ0) is 25.2. The van der Waals surface area contributed by atoms with Gasteiger partial charge in [0, 0.05) is 41.1 Å². The molecule has 0 spiro atoms. The van der Waals surface area contributed by atoms with Crippen molar-refractivity contribution >= 4 is 21.3 Å². The van der Waals surface area contributed by atoms with Crippen LogP contribution >= 0.6 is 0 Å². The number of hydrogen-bond donors (Lipinski definition) is 2. The molecule has 1 atom stereocenters. The maximum Gasteiger partial charge on any atom is 0.417 e. The number of imidazole rings is 1. The summed E-state index contributed by atoms with van der Waals surface area (Å²) in [7, 11) is -3.06. The summed E-state index contributed by atoms with van der Waals surface area (Å²) in [6, 6.07) is 12.9. The summed E-state index contributed by atoms with van der Waals surface area (Å²) in [5, 5.41) is 2.46. The minimum atomic E-state index is -4.73. The zero-order valence-corrected chi connectivity index (χ0v) is 18.9. The Balaban J connectivity index is 1.65. The van der Waals surface area contributed by atoms with Crippen LogP contribution in [0.15, 0.2) is 84.4 Å². The highest BCUT2D eigenvalue weighted by molar-refractivity contribution is 7.91. The van der Waals surface area contributed by atoms with Gasteiger partial charge in [0.25, 0.3) is 5.91 Å². The highest BCUT2D eigenvalue weighted by Crippen LogP contribution is 2.33. The lowest BCUT2D eigenvalue weighted by Gasteiger charge is -2.14. The van der Waals surface area contributed by atoms with Crippen molar-refractivity contribution in [1.82, 2.24) is 14.5 Å². The summed E-state index contributed by atoms with van der Waals surface area (Å²) >= 11 is 0. The van der Waals surface area contributed by atoms with E-state index in [2.05, 4.69) is 15.3 Å². The van der Waals surface area contributed by atoms with E-state index in [1.807, 2.05) is 0 Å². The summed E-state index contributed by atoms with van der Waals surface area (Å²) in [6.45, 7) is 0. The Morgan fingerprint density at radius 3 is 2.51 bits per heavy atom. The van der Waals surface area contributed by atoms with Gasteiger partial charge in [-0.05, 0) is 48.5 Å². The molecule has 1 unspecified atom stereocenters. The third kappa shape index (κ3) is 5.66. The molecule has 0 saturated heterocycles. The molecule has 8 nitrogen and oxygen atoms in total. The van der Waals surface area contributed by atoms with E-state index >= 15 is 0 Å². The Labute approximate surface area is 198 Å². The van der Waals surface area contributed by atoms with E-state index in [0.29, 0.717) is 12.3 Å². The third-order valence-corrected chi connectivity index (χ3v) is 5.97. The first-order valence-electron chi connectivity index (χ1n) is 9.99. The van der Waals surface area contributed by atoms with Crippen molar-refractivity contribution in [3.8, 4) is 17.3 Å². The van der Waals surface area contributed by atoms with E-state index in [0.717, 1.165) is 5.69 Å². The highest BCUT2D eigenvalue weighted by atomic mass is 32.2. The van der Waals surface area contributed by atoms with Crippen LogP contribution < -0.4 is 10.1 Å². The molecule has 0 aliphatic carbocycles. The smallest absolute Gasteiger partial charge is 0.417 e. The summed E-state index contributed by atoms with van der Waals surface area (Å²) in [6.07, 6.45) is 2.02. The van der Waals surface area contributed by atoms with Crippen LogP contribution in [0.1, 0.15) is 15.9 Å². The molecule has 2 aromatic heterocycles. The first kappa shape index (κ1) is 24.0. The van der Waals surface area contributed by atoms with E-state index in [-0.39, 0.29) is 22.2 Å². The van der Waals surface area contributed by atoms with E-state index in [1.165, 1.54) is 30.5 Å². The number of hydrogen-bond acceptors (Lipinski definition) is 6. The number of amides is 1. The number of benzene rings is 2. The van der Waals surface area contributed by atoms with Gasteiger partial charge < -0.3 is 14.6 Å². The van der Waals surface area contributed by atoms with Gasteiger partial charge in [0.1, 0.15) is 11.3 Å². The molecule has 4 aromatic rings. The maximum absolute atomic E-state index is 13.3. The lowest BCUT2D eigenvalue weighted by atomic mass is 10.1. The molecule has 12 heteroatoms. The Morgan fingerprint density at radius 1 is 1.14 bits per heavy atom. The number of rotatable bonds is 6. The Bertz CT molecular complexity index is 1470. The van der Waals surface area contributed by atoms with E-state index < -0.39 is 32.9 Å². The second-order valence-electron chi connectivity index (χ2n) is 7.47. The number of alkyl halides is 3. The van der Waals surface area contributed by atoms with Gasteiger partial charge in [0.05, 0.1) is 21.6 Å². The van der Waals surface area contributed by atoms with Crippen molar-refractivity contribution in [3.05, 3.63) is 90.6 Å². The van der Waals surface area contributed by atoms with Crippen molar-refractivity contribution in [2.75, 3.05) is 11.6 Å². The molecule has 35 heavy (non-hydrogen) atoms. The Kier molecular flexibility index (Phi) is 6.31. The number of carbonyl (C=O) groups excluding carboxylic acids is 1. The van der Waals surface area contributed by atoms with Crippen LogP contribution in [0.4, 0.5) is 18.9 Å². The van der Waals surface area contributed by atoms with E-state index in [1.54, 1.807) is 47.6 Å². The van der Waals surface area contributed by atoms with Crippen LogP contribution in [0.2, 0.25) is 0 Å². The molecule has 2 heterocycles. The van der Waals surface area contributed by atoms with Crippen LogP contribution in [0.3, 0.4) is 0 Å². The number of pyridine rings is 1. The number of carbonyl (C=O) groups is 1. The lowest BCUT2D eigenvalue weighted by molar-refractivity contribution is -0.137. The van der Waals surface area contributed by atoms with Crippen LogP contribution in [0.25, 0.3) is 5.69 Å². The summed E-state index contributed by atoms with van der Waals surface area (Å²) < 4.78 is 67.0. The Hall–Kier alpha value is -4.19. The number of aromatic nitrogens is 3. The Morgan fingerprint density at radius 2 is 1.89 bits per heavy atom. The molecular weight excluding hydrogens is 483 g/mol. The molecule has 0 fully saturated rings. The normalized spacial score (nSPS) is 13.1. The first-order valence-corrected chi connectivity index (χ1v) is 12.0. The predicted octanol–water partition coefficient (Wildman–Crippen LogP) is 5.37. The molecule has 2 N–H and O–H groups in total. The quantitative estimate of drug-likeness (QED) is 0.369. The van der Waals surface area contributed by atoms with E-state index in [9.17, 15) is 22.2 Å². The molecule has 1 amide bonds. The highest BCUT2D eigenvalue weighted by Gasteiger charge is 2.33. The van der Waals surface area contributed by atoms with Gasteiger partial charge in [0.2, 0.25) is 5.88 Å². The van der Waals surface area contributed by atoms with Crippen molar-refractivity contribution in [1.29, 1.82) is 4.78 Å². The second kappa shape index (κ2) is 9.22. The van der Waals surface area contributed by atoms with Crippen molar-refractivity contribution in [2.45, 2.75) is 11.1 Å². The fraction of sp³-hybridized carbons (Fsp3) is 0.0870. The zero-order valence-electron chi connectivity index (χ0n) is 18.1. The minimum absolute atomic E-state index is 0.155. The number of nitrogens with one attached hydrogen (secondary N) is 2. The maximum atomic E-state index is 13.3. The number of anilines is 1. The lowest BCUT2D eigenvalue weighted by Crippen LogP contribution is -2.16. The largest absolute Gasteiger partial charge is 0.438 e. The van der Waals surface area contributed by atoms with Crippen molar-refractivity contribution < 1.29 is 26.9 Å². The monoisotopic (exact) mass is 501 g/mol. The van der Waals surface area contributed by atoms with Crippen LogP contribution in [-0.2, 0) is 15.9 Å². The molecule has 0 aliphatic heterocycles. The molecule has 0 aliphatic rings. The minimum Gasteiger partial charge on any atom is -0.438 e. The van der Waals surface area contributed by atoms with Gasteiger partial charge in [-0.3, -0.25) is 4.79 Å². The average molecular weight is 501 g/mol. The average Bonchev–Trinajstić information content (AvgIpc) is 3.34.